The smallest absolute Gasteiger partial charge is 0.137 e. The molecule has 1 aromatic heterocycles. The highest BCUT2D eigenvalue weighted by molar-refractivity contribution is 14.1. The third-order valence-corrected chi connectivity index (χ3v) is 3.65. The van der Waals surface area contributed by atoms with Crippen LogP contribution in [0.15, 0.2) is 24.3 Å². The molecule has 6 heteroatoms. The summed E-state index contributed by atoms with van der Waals surface area (Å²) in [6.45, 7) is 6.05. The molecule has 1 heterocycles. The van der Waals surface area contributed by atoms with Crippen molar-refractivity contribution >= 4 is 45.7 Å². The van der Waals surface area contributed by atoms with Crippen molar-refractivity contribution < 1.29 is 4.39 Å². The number of nitrogens with one attached hydrogen (secondary N) is 1. The second-order valence-electron chi connectivity index (χ2n) is 5.40. The van der Waals surface area contributed by atoms with E-state index in [9.17, 15) is 4.39 Å². The van der Waals surface area contributed by atoms with Gasteiger partial charge in [-0.05, 0) is 40.8 Å². The quantitative estimate of drug-likeness (QED) is 0.569. The summed E-state index contributed by atoms with van der Waals surface area (Å²) in [4.78, 5) is 8.70. The Morgan fingerprint density at radius 1 is 1.20 bits per heavy atom. The molecule has 3 nitrogen and oxygen atoms in total. The number of benzene rings is 1. The van der Waals surface area contributed by atoms with E-state index in [0.717, 1.165) is 9.26 Å². The fraction of sp³-hybridized carbons (Fsp3) is 0.286. The first-order valence-electron chi connectivity index (χ1n) is 6.03. The molecule has 1 N–H and O–H groups in total. The molecule has 2 rings (SSSR count). The van der Waals surface area contributed by atoms with Gasteiger partial charge in [0.25, 0.3) is 0 Å². The van der Waals surface area contributed by atoms with Crippen LogP contribution in [0.2, 0.25) is 5.15 Å². The Labute approximate surface area is 136 Å². The number of halogens is 3. The van der Waals surface area contributed by atoms with Crippen LogP contribution >= 0.6 is 34.2 Å². The van der Waals surface area contributed by atoms with Crippen molar-refractivity contribution in [2.45, 2.75) is 26.2 Å². The van der Waals surface area contributed by atoms with Gasteiger partial charge in [0.05, 0.1) is 5.69 Å². The lowest BCUT2D eigenvalue weighted by Gasteiger charge is -2.18. The summed E-state index contributed by atoms with van der Waals surface area (Å²) >= 11 is 8.10. The van der Waals surface area contributed by atoms with Crippen LogP contribution in [0.4, 0.5) is 15.9 Å². The fourth-order valence-electron chi connectivity index (χ4n) is 1.55. The number of anilines is 2. The lowest BCUT2D eigenvalue weighted by molar-refractivity contribution is 0.546. The second kappa shape index (κ2) is 5.81. The molecule has 0 saturated carbocycles. The summed E-state index contributed by atoms with van der Waals surface area (Å²) in [5, 5.41) is 3.52. The summed E-state index contributed by atoms with van der Waals surface area (Å²) in [5.41, 5.74) is 0.582. The highest BCUT2D eigenvalue weighted by atomic mass is 127. The van der Waals surface area contributed by atoms with Crippen LogP contribution < -0.4 is 5.32 Å². The van der Waals surface area contributed by atoms with Crippen LogP contribution in [0, 0.1) is 9.39 Å². The molecule has 0 saturated heterocycles. The van der Waals surface area contributed by atoms with Gasteiger partial charge in [0.2, 0.25) is 0 Å². The number of rotatable bonds is 2. The molecule has 1 aromatic carbocycles. The maximum absolute atomic E-state index is 13.1. The summed E-state index contributed by atoms with van der Waals surface area (Å²) in [6.07, 6.45) is 0. The number of hydrogen-bond donors (Lipinski definition) is 1. The van der Waals surface area contributed by atoms with E-state index in [0.29, 0.717) is 16.8 Å². The van der Waals surface area contributed by atoms with E-state index in [1.807, 2.05) is 20.8 Å². The van der Waals surface area contributed by atoms with Crippen molar-refractivity contribution in [2.24, 2.45) is 0 Å². The zero-order valence-corrected chi connectivity index (χ0v) is 14.3. The minimum absolute atomic E-state index is 0.197. The largest absolute Gasteiger partial charge is 0.339 e. The summed E-state index contributed by atoms with van der Waals surface area (Å²) in [6, 6.07) is 6.18. The Kier molecular flexibility index (Phi) is 4.49. The summed E-state index contributed by atoms with van der Waals surface area (Å²) < 4.78 is 13.9. The van der Waals surface area contributed by atoms with E-state index >= 15 is 0 Å². The molecule has 0 atom stereocenters. The van der Waals surface area contributed by atoms with Crippen LogP contribution in [-0.4, -0.2) is 9.97 Å². The van der Waals surface area contributed by atoms with Crippen LogP contribution in [0.3, 0.4) is 0 Å². The Morgan fingerprint density at radius 3 is 2.50 bits per heavy atom. The lowest BCUT2D eigenvalue weighted by Crippen LogP contribution is -2.16. The zero-order valence-electron chi connectivity index (χ0n) is 11.3. The van der Waals surface area contributed by atoms with Crippen molar-refractivity contribution in [3.63, 3.8) is 0 Å². The van der Waals surface area contributed by atoms with E-state index in [1.54, 1.807) is 12.1 Å². The van der Waals surface area contributed by atoms with Gasteiger partial charge in [-0.25, -0.2) is 14.4 Å². The summed E-state index contributed by atoms with van der Waals surface area (Å²) in [7, 11) is 0. The van der Waals surface area contributed by atoms with Gasteiger partial charge in [0, 0.05) is 15.1 Å². The van der Waals surface area contributed by atoms with Gasteiger partial charge < -0.3 is 5.32 Å². The van der Waals surface area contributed by atoms with Crippen molar-refractivity contribution in [1.82, 2.24) is 9.97 Å². The molecule has 0 aliphatic heterocycles. The van der Waals surface area contributed by atoms with E-state index in [-0.39, 0.29) is 11.2 Å². The normalized spacial score (nSPS) is 11.5. The third-order valence-electron chi connectivity index (χ3n) is 2.56. The van der Waals surface area contributed by atoms with Crippen LogP contribution in [-0.2, 0) is 5.41 Å². The van der Waals surface area contributed by atoms with Crippen molar-refractivity contribution in [1.29, 1.82) is 0 Å². The average Bonchev–Trinajstić information content (AvgIpc) is 2.31. The molecule has 0 aliphatic carbocycles. The van der Waals surface area contributed by atoms with Gasteiger partial charge in [0.15, 0.2) is 0 Å². The highest BCUT2D eigenvalue weighted by Gasteiger charge is 2.19. The Hall–Kier alpha value is -0.950. The SMILES string of the molecule is CC(C)(C)c1nc(Cl)cc(Nc2ccc(F)cc2I)n1. The highest BCUT2D eigenvalue weighted by Crippen LogP contribution is 2.26. The van der Waals surface area contributed by atoms with Gasteiger partial charge in [-0.1, -0.05) is 32.4 Å². The molecule has 0 fully saturated rings. The van der Waals surface area contributed by atoms with Gasteiger partial charge in [-0.15, -0.1) is 0 Å². The fourth-order valence-corrected chi connectivity index (χ4v) is 2.34. The third kappa shape index (κ3) is 3.79. The molecule has 2 aromatic rings. The van der Waals surface area contributed by atoms with E-state index in [4.69, 9.17) is 11.6 Å². The molecule has 0 radical (unpaired) electrons. The molecule has 106 valence electrons. The van der Waals surface area contributed by atoms with E-state index < -0.39 is 0 Å². The monoisotopic (exact) mass is 405 g/mol. The topological polar surface area (TPSA) is 37.8 Å². The molecule has 0 amide bonds. The van der Waals surface area contributed by atoms with Crippen LogP contribution in [0.25, 0.3) is 0 Å². The molecular weight excluding hydrogens is 392 g/mol. The van der Waals surface area contributed by atoms with Crippen LogP contribution in [0.5, 0.6) is 0 Å². The van der Waals surface area contributed by atoms with Crippen LogP contribution in [0.1, 0.15) is 26.6 Å². The lowest BCUT2D eigenvalue weighted by atomic mass is 9.96. The molecule has 0 bridgehead atoms. The number of hydrogen-bond acceptors (Lipinski definition) is 3. The predicted molar refractivity (Wildman–Crippen MR) is 88.1 cm³/mol. The Balaban J connectivity index is 2.36. The van der Waals surface area contributed by atoms with Gasteiger partial charge in [-0.2, -0.15) is 0 Å². The summed E-state index contributed by atoms with van der Waals surface area (Å²) in [5.74, 6) is 0.986. The average molecular weight is 406 g/mol. The molecule has 0 spiro atoms. The van der Waals surface area contributed by atoms with Crippen molar-refractivity contribution in [3.8, 4) is 0 Å². The number of aromatic nitrogens is 2. The van der Waals surface area contributed by atoms with Gasteiger partial charge >= 0.3 is 0 Å². The maximum atomic E-state index is 13.1. The molecule has 0 aliphatic rings. The van der Waals surface area contributed by atoms with E-state index in [2.05, 4.69) is 37.9 Å². The minimum atomic E-state index is -0.268. The molecule has 0 unspecified atom stereocenters. The second-order valence-corrected chi connectivity index (χ2v) is 6.95. The van der Waals surface area contributed by atoms with Gasteiger partial charge in [-0.3, -0.25) is 0 Å². The maximum Gasteiger partial charge on any atom is 0.137 e. The Morgan fingerprint density at radius 2 is 1.90 bits per heavy atom. The first kappa shape index (κ1) is 15.4. The van der Waals surface area contributed by atoms with Crippen molar-refractivity contribution in [3.05, 3.63) is 44.6 Å². The standard InChI is InChI=1S/C14H14ClFIN3/c1-14(2,3)13-19-11(15)7-12(20-13)18-10-5-4-8(16)6-9(10)17/h4-7H,1-3H3,(H,18,19,20). The molecular formula is C14H14ClFIN3. The predicted octanol–water partition coefficient (Wildman–Crippen LogP) is 4.91. The molecule has 20 heavy (non-hydrogen) atoms. The van der Waals surface area contributed by atoms with Crippen molar-refractivity contribution in [2.75, 3.05) is 5.32 Å². The first-order chi connectivity index (χ1) is 9.25. The first-order valence-corrected chi connectivity index (χ1v) is 7.48. The minimum Gasteiger partial charge on any atom is -0.339 e. The zero-order chi connectivity index (χ0) is 14.9. The number of nitrogens with zero attached hydrogens (tertiary/aromatic N) is 2. The Bertz CT molecular complexity index is 641. The van der Waals surface area contributed by atoms with Gasteiger partial charge in [0.1, 0.15) is 22.6 Å². The van der Waals surface area contributed by atoms with E-state index in [1.165, 1.54) is 12.1 Å².